The van der Waals surface area contributed by atoms with E-state index in [2.05, 4.69) is 6.92 Å². The first kappa shape index (κ1) is 11.8. The molecule has 1 atom stereocenters. The summed E-state index contributed by atoms with van der Waals surface area (Å²) < 4.78 is 13.2. The second kappa shape index (κ2) is 4.69. The predicted octanol–water partition coefficient (Wildman–Crippen LogP) is 2.97. The fourth-order valence-electron chi connectivity index (χ4n) is 2.31. The van der Waals surface area contributed by atoms with Gasteiger partial charge in [-0.3, -0.25) is 10.1 Å². The molecule has 5 heteroatoms. The van der Waals surface area contributed by atoms with Crippen LogP contribution in [-0.4, -0.2) is 18.0 Å². The molecule has 1 aliphatic rings. The normalized spacial score (nSPS) is 20.4. The van der Waals surface area contributed by atoms with Crippen molar-refractivity contribution < 1.29 is 9.31 Å². The van der Waals surface area contributed by atoms with Crippen molar-refractivity contribution in [2.75, 3.05) is 18.0 Å². The number of nitro groups is 1. The first-order valence-electron chi connectivity index (χ1n) is 5.77. The van der Waals surface area contributed by atoms with Crippen LogP contribution in [0.5, 0.6) is 0 Å². The minimum atomic E-state index is -0.450. The van der Waals surface area contributed by atoms with Crippen LogP contribution in [0.4, 0.5) is 15.8 Å². The van der Waals surface area contributed by atoms with E-state index in [1.165, 1.54) is 12.1 Å². The van der Waals surface area contributed by atoms with Crippen LogP contribution in [-0.2, 0) is 0 Å². The van der Waals surface area contributed by atoms with Crippen molar-refractivity contribution in [2.24, 2.45) is 5.92 Å². The molecule has 2 rings (SSSR count). The Morgan fingerprint density at radius 3 is 2.94 bits per heavy atom. The van der Waals surface area contributed by atoms with E-state index in [4.69, 9.17) is 0 Å². The molecule has 0 bridgehead atoms. The summed E-state index contributed by atoms with van der Waals surface area (Å²) in [6.45, 7) is 3.62. The lowest BCUT2D eigenvalue weighted by Crippen LogP contribution is -2.34. The van der Waals surface area contributed by atoms with Crippen molar-refractivity contribution in [1.82, 2.24) is 0 Å². The standard InChI is InChI=1S/C12H15FN2O2/c1-9-3-2-6-14(8-9)12-7-10(13)4-5-11(12)15(16)17/h4-5,7,9H,2-3,6,8H2,1H3. The number of anilines is 1. The number of rotatable bonds is 2. The van der Waals surface area contributed by atoms with E-state index in [0.717, 1.165) is 32.0 Å². The third-order valence-corrected chi connectivity index (χ3v) is 3.13. The van der Waals surface area contributed by atoms with E-state index in [9.17, 15) is 14.5 Å². The van der Waals surface area contributed by atoms with E-state index in [0.29, 0.717) is 11.6 Å². The van der Waals surface area contributed by atoms with Gasteiger partial charge < -0.3 is 4.90 Å². The lowest BCUT2D eigenvalue weighted by molar-refractivity contribution is -0.384. The Morgan fingerprint density at radius 1 is 1.53 bits per heavy atom. The van der Waals surface area contributed by atoms with Crippen molar-refractivity contribution >= 4 is 11.4 Å². The molecule has 0 aliphatic carbocycles. The molecule has 1 heterocycles. The van der Waals surface area contributed by atoms with Crippen LogP contribution in [0.2, 0.25) is 0 Å². The molecule has 17 heavy (non-hydrogen) atoms. The predicted molar refractivity (Wildman–Crippen MR) is 63.7 cm³/mol. The molecule has 0 aromatic heterocycles. The third-order valence-electron chi connectivity index (χ3n) is 3.13. The number of benzene rings is 1. The zero-order valence-electron chi connectivity index (χ0n) is 9.73. The van der Waals surface area contributed by atoms with Crippen molar-refractivity contribution in [1.29, 1.82) is 0 Å². The number of nitro benzene ring substituents is 1. The molecule has 1 aromatic rings. The van der Waals surface area contributed by atoms with E-state index in [-0.39, 0.29) is 5.69 Å². The Balaban J connectivity index is 2.35. The van der Waals surface area contributed by atoms with Crippen LogP contribution in [0.1, 0.15) is 19.8 Å². The van der Waals surface area contributed by atoms with Gasteiger partial charge in [0.2, 0.25) is 0 Å². The third kappa shape index (κ3) is 2.54. The van der Waals surface area contributed by atoms with Crippen LogP contribution >= 0.6 is 0 Å². The second-order valence-corrected chi connectivity index (χ2v) is 4.58. The second-order valence-electron chi connectivity index (χ2n) is 4.58. The van der Waals surface area contributed by atoms with Gasteiger partial charge in [0.05, 0.1) is 4.92 Å². The highest BCUT2D eigenvalue weighted by molar-refractivity contribution is 5.63. The lowest BCUT2D eigenvalue weighted by atomic mass is 9.99. The molecule has 92 valence electrons. The Morgan fingerprint density at radius 2 is 2.29 bits per heavy atom. The highest BCUT2D eigenvalue weighted by atomic mass is 19.1. The summed E-state index contributed by atoms with van der Waals surface area (Å²) in [7, 11) is 0. The maximum Gasteiger partial charge on any atom is 0.292 e. The van der Waals surface area contributed by atoms with Crippen molar-refractivity contribution in [3.8, 4) is 0 Å². The Bertz CT molecular complexity index is 437. The Kier molecular flexibility index (Phi) is 3.26. The molecule has 0 spiro atoms. The van der Waals surface area contributed by atoms with E-state index in [1.54, 1.807) is 0 Å². The maximum atomic E-state index is 13.2. The van der Waals surface area contributed by atoms with E-state index < -0.39 is 10.7 Å². The number of nitrogens with zero attached hydrogens (tertiary/aromatic N) is 2. The van der Waals surface area contributed by atoms with E-state index >= 15 is 0 Å². The van der Waals surface area contributed by atoms with Gasteiger partial charge in [-0.05, 0) is 24.8 Å². The van der Waals surface area contributed by atoms with Crippen molar-refractivity contribution in [2.45, 2.75) is 19.8 Å². The highest BCUT2D eigenvalue weighted by Gasteiger charge is 2.24. The Hall–Kier alpha value is -1.65. The van der Waals surface area contributed by atoms with Crippen LogP contribution < -0.4 is 4.90 Å². The maximum absolute atomic E-state index is 13.2. The lowest BCUT2D eigenvalue weighted by Gasteiger charge is -2.32. The molecule has 0 radical (unpaired) electrons. The summed E-state index contributed by atoms with van der Waals surface area (Å²) in [5.74, 6) is 0.0652. The van der Waals surface area contributed by atoms with Gasteiger partial charge in [0, 0.05) is 25.2 Å². The summed E-state index contributed by atoms with van der Waals surface area (Å²) in [6, 6.07) is 3.63. The molecule has 4 nitrogen and oxygen atoms in total. The highest BCUT2D eigenvalue weighted by Crippen LogP contribution is 2.31. The molecule has 1 unspecified atom stereocenters. The SMILES string of the molecule is CC1CCCN(c2cc(F)ccc2[N+](=O)[O-])C1. The van der Waals surface area contributed by atoms with Crippen molar-refractivity contribution in [3.05, 3.63) is 34.1 Å². The number of hydrogen-bond donors (Lipinski definition) is 0. The monoisotopic (exact) mass is 238 g/mol. The first-order chi connectivity index (χ1) is 8.08. The van der Waals surface area contributed by atoms with Crippen LogP contribution in [0.25, 0.3) is 0 Å². The topological polar surface area (TPSA) is 46.4 Å². The molecule has 0 N–H and O–H groups in total. The number of halogens is 1. The molecule has 1 aromatic carbocycles. The molecule has 0 amide bonds. The summed E-state index contributed by atoms with van der Waals surface area (Å²) in [5, 5.41) is 10.9. The van der Waals surface area contributed by atoms with Gasteiger partial charge in [0.15, 0.2) is 0 Å². The molecule has 1 aliphatic heterocycles. The summed E-state index contributed by atoms with van der Waals surface area (Å²) in [4.78, 5) is 12.4. The number of piperidine rings is 1. The minimum Gasteiger partial charge on any atom is -0.366 e. The van der Waals surface area contributed by atoms with E-state index in [1.807, 2.05) is 4.90 Å². The number of hydrogen-bond acceptors (Lipinski definition) is 3. The average Bonchev–Trinajstić information content (AvgIpc) is 2.28. The fraction of sp³-hybridized carbons (Fsp3) is 0.500. The van der Waals surface area contributed by atoms with Gasteiger partial charge in [-0.25, -0.2) is 4.39 Å². The summed E-state index contributed by atoms with van der Waals surface area (Å²) in [6.07, 6.45) is 2.12. The van der Waals surface area contributed by atoms with Gasteiger partial charge in [0.25, 0.3) is 5.69 Å². The largest absolute Gasteiger partial charge is 0.366 e. The summed E-state index contributed by atoms with van der Waals surface area (Å²) >= 11 is 0. The summed E-state index contributed by atoms with van der Waals surface area (Å²) in [5.41, 5.74) is 0.391. The fourth-order valence-corrected chi connectivity index (χ4v) is 2.31. The van der Waals surface area contributed by atoms with Gasteiger partial charge in [-0.1, -0.05) is 6.92 Å². The van der Waals surface area contributed by atoms with Gasteiger partial charge in [-0.15, -0.1) is 0 Å². The zero-order valence-corrected chi connectivity index (χ0v) is 9.73. The molecule has 0 saturated carbocycles. The first-order valence-corrected chi connectivity index (χ1v) is 5.77. The van der Waals surface area contributed by atoms with Gasteiger partial charge in [0.1, 0.15) is 11.5 Å². The van der Waals surface area contributed by atoms with Gasteiger partial charge in [-0.2, -0.15) is 0 Å². The van der Waals surface area contributed by atoms with Crippen LogP contribution in [0, 0.1) is 21.8 Å². The van der Waals surface area contributed by atoms with Crippen LogP contribution in [0.15, 0.2) is 18.2 Å². The minimum absolute atomic E-state index is 0.0134. The Labute approximate surface area is 99.2 Å². The molecule has 1 saturated heterocycles. The smallest absolute Gasteiger partial charge is 0.292 e. The zero-order chi connectivity index (χ0) is 12.4. The molecular weight excluding hydrogens is 223 g/mol. The van der Waals surface area contributed by atoms with Crippen LogP contribution in [0.3, 0.4) is 0 Å². The quantitative estimate of drug-likeness (QED) is 0.587. The van der Waals surface area contributed by atoms with Crippen molar-refractivity contribution in [3.63, 3.8) is 0 Å². The van der Waals surface area contributed by atoms with Gasteiger partial charge >= 0.3 is 0 Å². The molecular formula is C12H15FN2O2. The average molecular weight is 238 g/mol. The molecule has 1 fully saturated rings.